The van der Waals surface area contributed by atoms with Gasteiger partial charge >= 0.3 is 17.6 Å². The van der Waals surface area contributed by atoms with Crippen LogP contribution in [-0.2, 0) is 22.7 Å². The van der Waals surface area contributed by atoms with E-state index in [0.29, 0.717) is 17.0 Å². The molecule has 0 unspecified atom stereocenters. The standard InChI is InChI=1S/C27H23N3O7/c1-17-12-25(32)37-23-13-21(9-10-22(17)23)35-15-18-5-7-19(8-6-18)26(33)36-16-24(31)30-27(34)29-14-20-4-2-3-11-28-20/h2-13H,14-16H2,1H3,(H2,29,30,31,34). The van der Waals surface area contributed by atoms with Gasteiger partial charge < -0.3 is 19.2 Å². The Labute approximate surface area is 211 Å². The summed E-state index contributed by atoms with van der Waals surface area (Å²) in [5, 5.41) is 5.40. The summed E-state index contributed by atoms with van der Waals surface area (Å²) in [7, 11) is 0. The Morgan fingerprint density at radius 3 is 2.57 bits per heavy atom. The van der Waals surface area contributed by atoms with Gasteiger partial charge in [-0.05, 0) is 54.4 Å². The van der Waals surface area contributed by atoms with E-state index in [1.54, 1.807) is 60.8 Å². The zero-order valence-electron chi connectivity index (χ0n) is 19.9. The van der Waals surface area contributed by atoms with Crippen molar-refractivity contribution >= 4 is 28.9 Å². The number of esters is 1. The molecule has 37 heavy (non-hydrogen) atoms. The van der Waals surface area contributed by atoms with E-state index in [-0.39, 0.29) is 18.7 Å². The third kappa shape index (κ3) is 7.01. The normalized spacial score (nSPS) is 10.5. The molecule has 0 bridgehead atoms. The van der Waals surface area contributed by atoms with Gasteiger partial charge in [-0.2, -0.15) is 0 Å². The Morgan fingerprint density at radius 2 is 1.81 bits per heavy atom. The average Bonchev–Trinajstić information content (AvgIpc) is 2.90. The first-order valence-corrected chi connectivity index (χ1v) is 11.3. The van der Waals surface area contributed by atoms with Crippen molar-refractivity contribution in [1.82, 2.24) is 15.6 Å². The fourth-order valence-electron chi connectivity index (χ4n) is 3.39. The van der Waals surface area contributed by atoms with E-state index in [1.807, 2.05) is 13.0 Å². The van der Waals surface area contributed by atoms with Crippen LogP contribution in [0.25, 0.3) is 11.0 Å². The number of rotatable bonds is 8. The van der Waals surface area contributed by atoms with Gasteiger partial charge in [-0.15, -0.1) is 0 Å². The molecule has 2 aromatic heterocycles. The Morgan fingerprint density at radius 1 is 1.00 bits per heavy atom. The molecule has 188 valence electrons. The zero-order valence-corrected chi connectivity index (χ0v) is 19.9. The van der Waals surface area contributed by atoms with Crippen LogP contribution in [-0.4, -0.2) is 29.5 Å². The number of hydrogen-bond acceptors (Lipinski definition) is 8. The van der Waals surface area contributed by atoms with Crippen molar-refractivity contribution in [3.05, 3.63) is 106 Å². The minimum absolute atomic E-state index is 0.146. The first kappa shape index (κ1) is 25.1. The average molecular weight is 501 g/mol. The fraction of sp³-hybridized carbons (Fsp3) is 0.148. The molecule has 0 spiro atoms. The summed E-state index contributed by atoms with van der Waals surface area (Å²) >= 11 is 0. The largest absolute Gasteiger partial charge is 0.489 e. The number of aryl methyl sites for hydroxylation is 1. The van der Waals surface area contributed by atoms with E-state index >= 15 is 0 Å². The van der Waals surface area contributed by atoms with Crippen molar-refractivity contribution in [3.63, 3.8) is 0 Å². The number of imide groups is 1. The van der Waals surface area contributed by atoms with E-state index in [4.69, 9.17) is 13.9 Å². The Kier molecular flexibility index (Phi) is 7.89. The van der Waals surface area contributed by atoms with Gasteiger partial charge in [0.25, 0.3) is 5.91 Å². The summed E-state index contributed by atoms with van der Waals surface area (Å²) in [6.45, 7) is 1.58. The number of hydrogen-bond donors (Lipinski definition) is 2. The number of urea groups is 1. The summed E-state index contributed by atoms with van der Waals surface area (Å²) in [6, 6.07) is 17.7. The second-order valence-corrected chi connectivity index (χ2v) is 8.02. The molecule has 0 radical (unpaired) electrons. The molecule has 0 aliphatic heterocycles. The first-order chi connectivity index (χ1) is 17.9. The molecule has 0 fully saturated rings. The topological polar surface area (TPSA) is 137 Å². The maximum Gasteiger partial charge on any atom is 0.338 e. The van der Waals surface area contributed by atoms with Crippen LogP contribution in [0.3, 0.4) is 0 Å². The lowest BCUT2D eigenvalue weighted by Gasteiger charge is -2.09. The van der Waals surface area contributed by atoms with E-state index in [1.165, 1.54) is 6.07 Å². The highest BCUT2D eigenvalue weighted by atomic mass is 16.5. The molecule has 0 saturated heterocycles. The van der Waals surface area contributed by atoms with Gasteiger partial charge in [-0.3, -0.25) is 15.1 Å². The first-order valence-electron chi connectivity index (χ1n) is 11.3. The van der Waals surface area contributed by atoms with Crippen molar-refractivity contribution in [3.8, 4) is 5.75 Å². The van der Waals surface area contributed by atoms with Crippen LogP contribution in [0.2, 0.25) is 0 Å². The smallest absolute Gasteiger partial charge is 0.338 e. The number of benzene rings is 2. The highest BCUT2D eigenvalue weighted by Gasteiger charge is 2.13. The number of pyridine rings is 1. The summed E-state index contributed by atoms with van der Waals surface area (Å²) in [5.74, 6) is -0.949. The summed E-state index contributed by atoms with van der Waals surface area (Å²) < 4.78 is 16.0. The van der Waals surface area contributed by atoms with Crippen molar-refractivity contribution in [1.29, 1.82) is 0 Å². The Hall–Kier alpha value is -4.99. The molecule has 2 aromatic carbocycles. The minimum Gasteiger partial charge on any atom is -0.489 e. The molecular weight excluding hydrogens is 478 g/mol. The predicted molar refractivity (Wildman–Crippen MR) is 133 cm³/mol. The minimum atomic E-state index is -0.765. The number of aromatic nitrogens is 1. The molecule has 0 aliphatic carbocycles. The summed E-state index contributed by atoms with van der Waals surface area (Å²) in [5.41, 5.74) is 2.48. The van der Waals surface area contributed by atoms with E-state index in [0.717, 1.165) is 16.5 Å². The van der Waals surface area contributed by atoms with Gasteiger partial charge in [-0.1, -0.05) is 18.2 Å². The monoisotopic (exact) mass is 501 g/mol. The van der Waals surface area contributed by atoms with Crippen LogP contribution in [0.1, 0.15) is 27.2 Å². The molecule has 0 saturated carbocycles. The molecule has 4 rings (SSSR count). The third-order valence-corrected chi connectivity index (χ3v) is 5.26. The Balaban J connectivity index is 1.22. The molecular formula is C27H23N3O7. The van der Waals surface area contributed by atoms with Gasteiger partial charge in [0, 0.05) is 23.7 Å². The second-order valence-electron chi connectivity index (χ2n) is 8.02. The fourth-order valence-corrected chi connectivity index (χ4v) is 3.39. The number of carbonyl (C=O) groups excluding carboxylic acids is 3. The van der Waals surface area contributed by atoms with E-state index in [2.05, 4.69) is 15.6 Å². The van der Waals surface area contributed by atoms with Crippen LogP contribution >= 0.6 is 0 Å². The van der Waals surface area contributed by atoms with E-state index < -0.39 is 30.1 Å². The molecule has 0 aliphatic rings. The number of amides is 3. The maximum absolute atomic E-state index is 12.2. The van der Waals surface area contributed by atoms with Crippen LogP contribution in [0.4, 0.5) is 4.79 Å². The van der Waals surface area contributed by atoms with Crippen molar-refractivity contribution < 1.29 is 28.3 Å². The number of ether oxygens (including phenoxy) is 2. The van der Waals surface area contributed by atoms with Crippen LogP contribution in [0.5, 0.6) is 5.75 Å². The number of nitrogens with one attached hydrogen (secondary N) is 2. The maximum atomic E-state index is 12.2. The lowest BCUT2D eigenvalue weighted by atomic mass is 10.1. The van der Waals surface area contributed by atoms with Gasteiger partial charge in [-0.25, -0.2) is 14.4 Å². The molecule has 3 amide bonds. The summed E-state index contributed by atoms with van der Waals surface area (Å²) in [6.07, 6.45) is 1.59. The van der Waals surface area contributed by atoms with Crippen LogP contribution < -0.4 is 21.0 Å². The Bertz CT molecular complexity index is 1480. The SMILES string of the molecule is Cc1cc(=O)oc2cc(OCc3ccc(C(=O)OCC(=O)NC(=O)NCc4ccccn4)cc3)ccc12. The van der Waals surface area contributed by atoms with E-state index in [9.17, 15) is 19.2 Å². The highest BCUT2D eigenvalue weighted by molar-refractivity contribution is 5.97. The van der Waals surface area contributed by atoms with Crippen molar-refractivity contribution in [2.45, 2.75) is 20.1 Å². The molecule has 10 heteroatoms. The van der Waals surface area contributed by atoms with Crippen molar-refractivity contribution in [2.75, 3.05) is 6.61 Å². The van der Waals surface area contributed by atoms with Crippen LogP contribution in [0.15, 0.2) is 82.1 Å². The number of nitrogens with zero attached hydrogens (tertiary/aromatic N) is 1. The lowest BCUT2D eigenvalue weighted by Crippen LogP contribution is -2.41. The van der Waals surface area contributed by atoms with Gasteiger partial charge in [0.2, 0.25) is 0 Å². The lowest BCUT2D eigenvalue weighted by molar-refractivity contribution is -0.123. The number of carbonyl (C=O) groups is 3. The van der Waals surface area contributed by atoms with Gasteiger partial charge in [0.05, 0.1) is 17.8 Å². The quantitative estimate of drug-likeness (QED) is 0.277. The molecule has 2 N–H and O–H groups in total. The summed E-state index contributed by atoms with van der Waals surface area (Å²) in [4.78, 5) is 51.6. The molecule has 4 aromatic rings. The highest BCUT2D eigenvalue weighted by Crippen LogP contribution is 2.23. The van der Waals surface area contributed by atoms with Crippen LogP contribution in [0, 0.1) is 6.92 Å². The zero-order chi connectivity index (χ0) is 26.2. The third-order valence-electron chi connectivity index (χ3n) is 5.26. The molecule has 0 atom stereocenters. The van der Waals surface area contributed by atoms with Gasteiger partial charge in [0.15, 0.2) is 6.61 Å². The predicted octanol–water partition coefficient (Wildman–Crippen LogP) is 3.26. The second kappa shape index (κ2) is 11.6. The number of fused-ring (bicyclic) bond motifs is 1. The van der Waals surface area contributed by atoms with Gasteiger partial charge in [0.1, 0.15) is 17.9 Å². The molecule has 10 nitrogen and oxygen atoms in total. The molecule has 2 heterocycles. The van der Waals surface area contributed by atoms with Crippen molar-refractivity contribution in [2.24, 2.45) is 0 Å².